The van der Waals surface area contributed by atoms with E-state index in [0.29, 0.717) is 5.56 Å². The SMILES string of the molecule is O=[N+]([O-])c1ccc(CN=C(N=C=S)c2ccc([N+](=O)[O-])cc2)cc1. The molecule has 0 aliphatic rings. The molecule has 0 aliphatic carbocycles. The fraction of sp³-hybridized carbons (Fsp3) is 0.0667. The average Bonchev–Trinajstić information content (AvgIpc) is 2.59. The van der Waals surface area contributed by atoms with Crippen molar-refractivity contribution in [2.45, 2.75) is 6.54 Å². The summed E-state index contributed by atoms with van der Waals surface area (Å²) in [7, 11) is 0. The summed E-state index contributed by atoms with van der Waals surface area (Å²) in [6.07, 6.45) is 0. The topological polar surface area (TPSA) is 111 Å². The summed E-state index contributed by atoms with van der Waals surface area (Å²) >= 11 is 4.59. The lowest BCUT2D eigenvalue weighted by molar-refractivity contribution is -0.385. The van der Waals surface area contributed by atoms with Gasteiger partial charge in [0.1, 0.15) is 0 Å². The van der Waals surface area contributed by atoms with Gasteiger partial charge in [0.15, 0.2) is 5.84 Å². The molecule has 120 valence electrons. The van der Waals surface area contributed by atoms with Crippen LogP contribution < -0.4 is 0 Å². The molecule has 0 fully saturated rings. The predicted molar refractivity (Wildman–Crippen MR) is 91.5 cm³/mol. The Morgan fingerprint density at radius 2 is 1.46 bits per heavy atom. The third-order valence-corrected chi connectivity index (χ3v) is 3.14. The maximum Gasteiger partial charge on any atom is 0.269 e. The lowest BCUT2D eigenvalue weighted by Crippen LogP contribution is -1.99. The van der Waals surface area contributed by atoms with Gasteiger partial charge in [-0.2, -0.15) is 4.99 Å². The van der Waals surface area contributed by atoms with Crippen LogP contribution in [-0.4, -0.2) is 20.8 Å². The highest BCUT2D eigenvalue weighted by atomic mass is 32.1. The largest absolute Gasteiger partial charge is 0.269 e. The summed E-state index contributed by atoms with van der Waals surface area (Å²) < 4.78 is 0. The number of aliphatic imine (C=N–C) groups is 2. The zero-order valence-electron chi connectivity index (χ0n) is 12.2. The second kappa shape index (κ2) is 7.82. The number of benzene rings is 2. The molecule has 0 amide bonds. The van der Waals surface area contributed by atoms with Gasteiger partial charge in [-0.15, -0.1) is 0 Å². The number of isothiocyanates is 1. The van der Waals surface area contributed by atoms with Crippen LogP contribution in [0.2, 0.25) is 0 Å². The molecule has 0 aliphatic heterocycles. The minimum Gasteiger partial charge on any atom is -0.261 e. The van der Waals surface area contributed by atoms with E-state index in [1.807, 2.05) is 0 Å². The van der Waals surface area contributed by atoms with E-state index in [0.717, 1.165) is 5.56 Å². The maximum absolute atomic E-state index is 10.7. The minimum atomic E-state index is -0.500. The Balaban J connectivity index is 2.23. The van der Waals surface area contributed by atoms with E-state index in [1.165, 1.54) is 36.4 Å². The molecule has 0 spiro atoms. The van der Waals surface area contributed by atoms with Crippen molar-refractivity contribution in [3.05, 3.63) is 79.9 Å². The molecular formula is C15H10N4O4S. The van der Waals surface area contributed by atoms with Gasteiger partial charge in [-0.1, -0.05) is 12.1 Å². The summed E-state index contributed by atoms with van der Waals surface area (Å²) in [4.78, 5) is 28.5. The van der Waals surface area contributed by atoms with Crippen molar-refractivity contribution in [3.8, 4) is 0 Å². The Kier molecular flexibility index (Phi) is 5.56. The van der Waals surface area contributed by atoms with E-state index in [1.54, 1.807) is 12.1 Å². The highest BCUT2D eigenvalue weighted by molar-refractivity contribution is 7.78. The quantitative estimate of drug-likeness (QED) is 0.271. The number of nitro groups is 2. The normalized spacial score (nSPS) is 10.8. The Morgan fingerprint density at radius 1 is 0.958 bits per heavy atom. The van der Waals surface area contributed by atoms with Gasteiger partial charge in [0, 0.05) is 29.8 Å². The van der Waals surface area contributed by atoms with Crippen LogP contribution in [0.5, 0.6) is 0 Å². The Labute approximate surface area is 141 Å². The molecule has 0 radical (unpaired) electrons. The molecule has 8 nitrogen and oxygen atoms in total. The van der Waals surface area contributed by atoms with Crippen molar-refractivity contribution in [1.29, 1.82) is 0 Å². The summed E-state index contributed by atoms with van der Waals surface area (Å²) in [5.74, 6) is 0.276. The Morgan fingerprint density at radius 3 is 1.92 bits per heavy atom. The zero-order valence-corrected chi connectivity index (χ0v) is 13.0. The second-order valence-corrected chi connectivity index (χ2v) is 4.75. The number of thiocarbonyl (C=S) groups is 1. The van der Waals surface area contributed by atoms with Gasteiger partial charge >= 0.3 is 0 Å². The summed E-state index contributed by atoms with van der Waals surface area (Å²) in [5, 5.41) is 23.5. The van der Waals surface area contributed by atoms with Crippen LogP contribution in [0, 0.1) is 20.2 Å². The molecule has 0 aromatic heterocycles. The van der Waals surface area contributed by atoms with Crippen molar-refractivity contribution >= 4 is 34.6 Å². The molecule has 0 unspecified atom stereocenters. The molecule has 0 saturated carbocycles. The van der Waals surface area contributed by atoms with E-state index in [-0.39, 0.29) is 23.8 Å². The summed E-state index contributed by atoms with van der Waals surface area (Å²) in [6, 6.07) is 11.7. The summed E-state index contributed by atoms with van der Waals surface area (Å²) in [6.45, 7) is 0.227. The highest BCUT2D eigenvalue weighted by Crippen LogP contribution is 2.15. The second-order valence-electron chi connectivity index (χ2n) is 4.57. The first-order chi connectivity index (χ1) is 11.5. The van der Waals surface area contributed by atoms with E-state index in [9.17, 15) is 20.2 Å². The molecule has 2 rings (SSSR count). The molecule has 0 heterocycles. The van der Waals surface area contributed by atoms with Crippen molar-refractivity contribution in [2.24, 2.45) is 9.98 Å². The van der Waals surface area contributed by atoms with Crippen LogP contribution in [-0.2, 0) is 6.54 Å². The van der Waals surface area contributed by atoms with Crippen molar-refractivity contribution < 1.29 is 9.85 Å². The number of amidine groups is 1. The van der Waals surface area contributed by atoms with Gasteiger partial charge in [0.25, 0.3) is 11.4 Å². The van der Waals surface area contributed by atoms with E-state index >= 15 is 0 Å². The maximum atomic E-state index is 10.7. The third-order valence-electron chi connectivity index (χ3n) is 3.05. The number of nitrogens with zero attached hydrogens (tertiary/aromatic N) is 4. The molecule has 24 heavy (non-hydrogen) atoms. The summed E-state index contributed by atoms with van der Waals surface area (Å²) in [5.41, 5.74) is 1.26. The number of hydrogen-bond acceptors (Lipinski definition) is 6. The van der Waals surface area contributed by atoms with E-state index < -0.39 is 9.85 Å². The fourth-order valence-electron chi connectivity index (χ4n) is 1.86. The van der Waals surface area contributed by atoms with Crippen LogP contribution in [0.15, 0.2) is 58.5 Å². The first-order valence-corrected chi connectivity index (χ1v) is 7.02. The van der Waals surface area contributed by atoms with Crippen molar-refractivity contribution in [2.75, 3.05) is 0 Å². The van der Waals surface area contributed by atoms with Gasteiger partial charge in [0.2, 0.25) is 0 Å². The van der Waals surface area contributed by atoms with Crippen LogP contribution >= 0.6 is 12.2 Å². The molecule has 2 aromatic carbocycles. The van der Waals surface area contributed by atoms with Crippen LogP contribution in [0.4, 0.5) is 11.4 Å². The number of non-ortho nitro benzene ring substituents is 2. The molecule has 0 bridgehead atoms. The molecule has 2 aromatic rings. The lowest BCUT2D eigenvalue weighted by Gasteiger charge is -2.01. The minimum absolute atomic E-state index is 0.00441. The van der Waals surface area contributed by atoms with E-state index in [4.69, 9.17) is 0 Å². The van der Waals surface area contributed by atoms with Gasteiger partial charge in [-0.05, 0) is 29.9 Å². The predicted octanol–water partition coefficient (Wildman–Crippen LogP) is 3.55. The highest BCUT2D eigenvalue weighted by Gasteiger charge is 2.08. The molecular weight excluding hydrogens is 332 g/mol. The fourth-order valence-corrected chi connectivity index (χ4v) is 1.94. The molecule has 0 atom stereocenters. The average molecular weight is 342 g/mol. The standard InChI is InChI=1S/C15H10N4O4S/c20-18(21)13-5-1-11(2-6-13)9-16-15(17-10-24)12-3-7-14(8-4-12)19(22)23/h1-8H,9H2. The molecule has 9 heteroatoms. The van der Waals surface area contributed by atoms with Crippen LogP contribution in [0.1, 0.15) is 11.1 Å². The van der Waals surface area contributed by atoms with Crippen LogP contribution in [0.3, 0.4) is 0 Å². The molecule has 0 saturated heterocycles. The number of hydrogen-bond donors (Lipinski definition) is 0. The van der Waals surface area contributed by atoms with Crippen LogP contribution in [0.25, 0.3) is 0 Å². The Bertz CT molecular complexity index is 841. The smallest absolute Gasteiger partial charge is 0.261 e. The van der Waals surface area contributed by atoms with Gasteiger partial charge in [-0.25, -0.2) is 0 Å². The number of rotatable bonds is 5. The lowest BCUT2D eigenvalue weighted by atomic mass is 10.2. The third kappa shape index (κ3) is 4.35. The zero-order chi connectivity index (χ0) is 17.5. The van der Waals surface area contributed by atoms with Gasteiger partial charge in [-0.3, -0.25) is 25.2 Å². The van der Waals surface area contributed by atoms with Crippen molar-refractivity contribution in [1.82, 2.24) is 0 Å². The first kappa shape index (κ1) is 17.1. The Hall–Kier alpha value is -3.29. The first-order valence-electron chi connectivity index (χ1n) is 6.61. The molecule has 0 N–H and O–H groups in total. The van der Waals surface area contributed by atoms with E-state index in [2.05, 4.69) is 27.4 Å². The van der Waals surface area contributed by atoms with Gasteiger partial charge < -0.3 is 0 Å². The number of nitro benzene ring substituents is 2. The monoisotopic (exact) mass is 342 g/mol. The van der Waals surface area contributed by atoms with Crippen molar-refractivity contribution in [3.63, 3.8) is 0 Å². The van der Waals surface area contributed by atoms with Gasteiger partial charge in [0.05, 0.1) is 21.6 Å².